The number of sulfonamides is 1. The van der Waals surface area contributed by atoms with Crippen LogP contribution in [0.3, 0.4) is 0 Å². The zero-order chi connectivity index (χ0) is 25.7. The quantitative estimate of drug-likeness (QED) is 0.542. The van der Waals surface area contributed by atoms with Gasteiger partial charge in [-0.25, -0.2) is 8.42 Å². The van der Waals surface area contributed by atoms with Gasteiger partial charge in [0.15, 0.2) is 0 Å². The summed E-state index contributed by atoms with van der Waals surface area (Å²) in [5, 5.41) is 2.54. The Kier molecular flexibility index (Phi) is 6.34. The molecule has 9 heteroatoms. The predicted octanol–water partition coefficient (Wildman–Crippen LogP) is 5.26. The minimum atomic E-state index is -4.48. The van der Waals surface area contributed by atoms with Gasteiger partial charge in [0.05, 0.1) is 17.5 Å². The van der Waals surface area contributed by atoms with E-state index < -0.39 is 34.2 Å². The Morgan fingerprint density at radius 1 is 1.00 bits per heavy atom. The Bertz CT molecular complexity index is 1210. The van der Waals surface area contributed by atoms with Crippen molar-refractivity contribution in [2.45, 2.75) is 56.7 Å². The van der Waals surface area contributed by atoms with Crippen LogP contribution in [0.4, 0.5) is 18.9 Å². The fourth-order valence-corrected chi connectivity index (χ4v) is 7.95. The number of hydrogen-bond acceptors (Lipinski definition) is 3. The van der Waals surface area contributed by atoms with Crippen LogP contribution in [0.2, 0.25) is 0 Å². The molecule has 1 N–H and O–H groups in total. The van der Waals surface area contributed by atoms with Crippen LogP contribution in [0.5, 0.6) is 0 Å². The van der Waals surface area contributed by atoms with E-state index in [9.17, 15) is 26.4 Å². The van der Waals surface area contributed by atoms with Gasteiger partial charge in [0.2, 0.25) is 15.9 Å². The lowest BCUT2D eigenvalue weighted by atomic mass is 9.48. The fraction of sp³-hybridized carbons (Fsp3) is 0.519. The molecule has 0 heterocycles. The summed E-state index contributed by atoms with van der Waals surface area (Å²) in [5.74, 6) is 1.79. The SMILES string of the molecule is CS(=O)(=O)N(CC(=O)NCc1cccc(C(F)(F)F)c1)c1ccc(C23CC4CC(CC(C4)C2)C3)cc1. The molecule has 0 aliphatic heterocycles. The second-order valence-electron chi connectivity index (χ2n) is 11.0. The first-order valence-corrected chi connectivity index (χ1v) is 14.3. The first-order chi connectivity index (χ1) is 16.9. The van der Waals surface area contributed by atoms with Crippen LogP contribution in [0.15, 0.2) is 48.5 Å². The van der Waals surface area contributed by atoms with Crippen molar-refractivity contribution in [1.29, 1.82) is 0 Å². The molecule has 1 amide bonds. The van der Waals surface area contributed by atoms with E-state index in [2.05, 4.69) is 5.32 Å². The summed E-state index contributed by atoms with van der Waals surface area (Å²) in [7, 11) is -3.76. The molecule has 0 spiro atoms. The van der Waals surface area contributed by atoms with E-state index in [-0.39, 0.29) is 17.5 Å². The van der Waals surface area contributed by atoms with Gasteiger partial charge in [0, 0.05) is 6.54 Å². The number of rotatable bonds is 7. The molecule has 0 unspecified atom stereocenters. The van der Waals surface area contributed by atoms with E-state index in [0.717, 1.165) is 40.4 Å². The number of anilines is 1. The molecule has 194 valence electrons. The molecule has 4 aliphatic rings. The number of carbonyl (C=O) groups excluding carboxylic acids is 1. The van der Waals surface area contributed by atoms with Gasteiger partial charge < -0.3 is 5.32 Å². The molecule has 4 fully saturated rings. The molecule has 0 radical (unpaired) electrons. The van der Waals surface area contributed by atoms with Crippen LogP contribution >= 0.6 is 0 Å². The highest BCUT2D eigenvalue weighted by molar-refractivity contribution is 7.92. The highest BCUT2D eigenvalue weighted by atomic mass is 32.2. The molecule has 0 aromatic heterocycles. The maximum atomic E-state index is 12.9. The van der Waals surface area contributed by atoms with Crippen LogP contribution in [0, 0.1) is 17.8 Å². The molecule has 4 saturated carbocycles. The largest absolute Gasteiger partial charge is 0.416 e. The van der Waals surface area contributed by atoms with Crippen LogP contribution < -0.4 is 9.62 Å². The third-order valence-corrected chi connectivity index (χ3v) is 9.38. The second kappa shape index (κ2) is 9.08. The minimum absolute atomic E-state index is 0.134. The Labute approximate surface area is 210 Å². The van der Waals surface area contributed by atoms with Crippen molar-refractivity contribution in [2.75, 3.05) is 17.1 Å². The Morgan fingerprint density at radius 2 is 1.58 bits per heavy atom. The minimum Gasteiger partial charge on any atom is -0.350 e. The van der Waals surface area contributed by atoms with Crippen molar-refractivity contribution in [3.63, 3.8) is 0 Å². The van der Waals surface area contributed by atoms with Crippen molar-refractivity contribution in [3.05, 3.63) is 65.2 Å². The zero-order valence-corrected chi connectivity index (χ0v) is 21.0. The summed E-state index contributed by atoms with van der Waals surface area (Å²) >= 11 is 0. The van der Waals surface area contributed by atoms with Crippen LogP contribution in [-0.2, 0) is 33.0 Å². The number of amides is 1. The summed E-state index contributed by atoms with van der Waals surface area (Å²) in [5.41, 5.74) is 1.33. The summed E-state index contributed by atoms with van der Waals surface area (Å²) in [6, 6.07) is 12.3. The molecule has 5 nitrogen and oxygen atoms in total. The fourth-order valence-electron chi connectivity index (χ4n) is 7.09. The lowest BCUT2D eigenvalue weighted by Crippen LogP contribution is -2.48. The Morgan fingerprint density at radius 3 is 2.11 bits per heavy atom. The van der Waals surface area contributed by atoms with Gasteiger partial charge in [-0.15, -0.1) is 0 Å². The van der Waals surface area contributed by atoms with E-state index in [1.165, 1.54) is 56.2 Å². The van der Waals surface area contributed by atoms with E-state index in [1.807, 2.05) is 12.1 Å². The third kappa shape index (κ3) is 5.12. The number of nitrogens with one attached hydrogen (secondary N) is 1. The molecular weight excluding hydrogens is 489 g/mol. The van der Waals surface area contributed by atoms with Gasteiger partial charge in [-0.05, 0) is 97.1 Å². The highest BCUT2D eigenvalue weighted by Gasteiger charge is 2.51. The van der Waals surface area contributed by atoms with Gasteiger partial charge in [0.25, 0.3) is 0 Å². The number of halogens is 3. The monoisotopic (exact) mass is 520 g/mol. The summed E-state index contributed by atoms with van der Waals surface area (Å²) in [6.45, 7) is -0.584. The van der Waals surface area contributed by atoms with Crippen molar-refractivity contribution in [2.24, 2.45) is 17.8 Å². The highest BCUT2D eigenvalue weighted by Crippen LogP contribution is 2.60. The van der Waals surface area contributed by atoms with Crippen molar-refractivity contribution in [3.8, 4) is 0 Å². The standard InChI is InChI=1S/C27H31F3N2O3S/c1-36(34,35)32(17-25(33)31-16-18-3-2-4-23(12-18)27(28,29)30)24-7-5-22(6-8-24)26-13-19-9-20(14-26)11-21(10-19)15-26/h2-8,12,19-21H,9-11,13-17H2,1H3,(H,31,33). The van der Waals surface area contributed by atoms with Gasteiger partial charge in [-0.3, -0.25) is 9.10 Å². The summed E-state index contributed by atoms with van der Waals surface area (Å²) in [4.78, 5) is 12.6. The first kappa shape index (κ1) is 25.1. The molecule has 2 aromatic rings. The lowest BCUT2D eigenvalue weighted by Gasteiger charge is -2.57. The van der Waals surface area contributed by atoms with E-state index in [1.54, 1.807) is 12.1 Å². The van der Waals surface area contributed by atoms with E-state index in [0.29, 0.717) is 5.69 Å². The number of benzene rings is 2. The van der Waals surface area contributed by atoms with Gasteiger partial charge in [-0.1, -0.05) is 24.3 Å². The summed E-state index contributed by atoms with van der Waals surface area (Å²) in [6.07, 6.45) is 4.19. The van der Waals surface area contributed by atoms with Crippen LogP contribution in [-0.4, -0.2) is 27.1 Å². The molecule has 4 aliphatic carbocycles. The maximum absolute atomic E-state index is 12.9. The zero-order valence-electron chi connectivity index (χ0n) is 20.2. The summed E-state index contributed by atoms with van der Waals surface area (Å²) < 4.78 is 64.9. The molecule has 36 heavy (non-hydrogen) atoms. The Hall–Kier alpha value is -2.55. The number of nitrogens with zero attached hydrogens (tertiary/aromatic N) is 1. The van der Waals surface area contributed by atoms with E-state index >= 15 is 0 Å². The van der Waals surface area contributed by atoms with Crippen LogP contribution in [0.1, 0.15) is 55.2 Å². The second-order valence-corrected chi connectivity index (χ2v) is 12.9. The Balaban J connectivity index is 1.27. The average Bonchev–Trinajstić information content (AvgIpc) is 2.79. The third-order valence-electron chi connectivity index (χ3n) is 8.24. The molecule has 4 bridgehead atoms. The molecule has 6 rings (SSSR count). The smallest absolute Gasteiger partial charge is 0.350 e. The molecular formula is C27H31F3N2O3S. The van der Waals surface area contributed by atoms with Crippen molar-refractivity contribution < 1.29 is 26.4 Å². The lowest BCUT2D eigenvalue weighted by molar-refractivity contribution is -0.137. The molecule has 2 aromatic carbocycles. The van der Waals surface area contributed by atoms with Crippen molar-refractivity contribution >= 4 is 21.6 Å². The molecule has 0 atom stereocenters. The van der Waals surface area contributed by atoms with Crippen molar-refractivity contribution in [1.82, 2.24) is 5.32 Å². The topological polar surface area (TPSA) is 66.5 Å². The van der Waals surface area contributed by atoms with Crippen LogP contribution in [0.25, 0.3) is 0 Å². The number of alkyl halides is 3. The van der Waals surface area contributed by atoms with Gasteiger partial charge in [-0.2, -0.15) is 13.2 Å². The van der Waals surface area contributed by atoms with Gasteiger partial charge >= 0.3 is 6.18 Å². The number of hydrogen-bond donors (Lipinski definition) is 1. The maximum Gasteiger partial charge on any atom is 0.416 e. The number of carbonyl (C=O) groups is 1. The first-order valence-electron chi connectivity index (χ1n) is 12.4. The molecule has 0 saturated heterocycles. The van der Waals surface area contributed by atoms with E-state index in [4.69, 9.17) is 0 Å². The predicted molar refractivity (Wildman–Crippen MR) is 132 cm³/mol. The normalized spacial score (nSPS) is 27.2. The van der Waals surface area contributed by atoms with Gasteiger partial charge in [0.1, 0.15) is 6.54 Å². The average molecular weight is 521 g/mol.